The maximum absolute atomic E-state index is 11.6. The van der Waals surface area contributed by atoms with E-state index in [1.54, 1.807) is 24.4 Å². The average Bonchev–Trinajstić information content (AvgIpc) is 2.25. The van der Waals surface area contributed by atoms with Crippen molar-refractivity contribution in [1.29, 1.82) is 0 Å². The smallest absolute Gasteiger partial charge is 0.268 e. The molecular weight excluding hydrogens is 374 g/mol. The van der Waals surface area contributed by atoms with E-state index in [0.29, 0.717) is 16.6 Å². The number of nitrogens with zero attached hydrogens (tertiary/aromatic N) is 2. The monoisotopic (exact) mass is 380 g/mol. The molecule has 0 saturated carbocycles. The second-order valence-electron chi connectivity index (χ2n) is 3.41. The van der Waals surface area contributed by atoms with Gasteiger partial charge < -0.3 is 0 Å². The van der Waals surface area contributed by atoms with E-state index in [1.807, 2.05) is 22.6 Å². The van der Waals surface area contributed by atoms with Gasteiger partial charge in [0.2, 0.25) is 0 Å². The van der Waals surface area contributed by atoms with E-state index in [1.165, 1.54) is 10.7 Å². The van der Waals surface area contributed by atoms with Gasteiger partial charge in [-0.1, -0.05) is 29.3 Å². The number of rotatable bonds is 2. The largest absolute Gasteiger partial charge is 0.268 e. The van der Waals surface area contributed by atoms with Crippen LogP contribution in [0.1, 0.15) is 5.56 Å². The zero-order chi connectivity index (χ0) is 12.4. The van der Waals surface area contributed by atoms with E-state index in [9.17, 15) is 4.79 Å². The van der Waals surface area contributed by atoms with Crippen molar-refractivity contribution in [2.75, 3.05) is 0 Å². The molecule has 88 valence electrons. The third kappa shape index (κ3) is 3.20. The van der Waals surface area contributed by atoms with Crippen LogP contribution in [0, 0.1) is 3.57 Å². The molecule has 0 radical (unpaired) electrons. The van der Waals surface area contributed by atoms with Crippen molar-refractivity contribution in [2.24, 2.45) is 0 Å². The predicted molar refractivity (Wildman–Crippen MR) is 76.8 cm³/mol. The van der Waals surface area contributed by atoms with Crippen LogP contribution < -0.4 is 5.56 Å². The first-order valence-corrected chi connectivity index (χ1v) is 6.56. The summed E-state index contributed by atoms with van der Waals surface area (Å²) >= 11 is 13.9. The Morgan fingerprint density at radius 3 is 2.71 bits per heavy atom. The van der Waals surface area contributed by atoms with E-state index >= 15 is 0 Å². The molecule has 1 aromatic carbocycles. The third-order valence-electron chi connectivity index (χ3n) is 2.17. The summed E-state index contributed by atoms with van der Waals surface area (Å²) in [5, 5.41) is 5.14. The fourth-order valence-electron chi connectivity index (χ4n) is 1.34. The average molecular weight is 381 g/mol. The zero-order valence-electron chi connectivity index (χ0n) is 8.53. The molecule has 0 aliphatic rings. The Bertz CT molecular complexity index is 613. The first-order valence-electron chi connectivity index (χ1n) is 4.73. The standard InChI is InChI=1S/C11H7Cl2IN2O/c12-8-2-1-7(10(13)3-8)6-16-11(17)4-9(14)5-15-16/h1-5H,6H2. The molecule has 0 aliphatic heterocycles. The number of hydrogen-bond donors (Lipinski definition) is 0. The minimum absolute atomic E-state index is 0.150. The topological polar surface area (TPSA) is 34.9 Å². The molecule has 2 rings (SSSR count). The lowest BCUT2D eigenvalue weighted by Gasteiger charge is -2.06. The maximum atomic E-state index is 11.6. The van der Waals surface area contributed by atoms with Gasteiger partial charge in [0.1, 0.15) is 0 Å². The van der Waals surface area contributed by atoms with Gasteiger partial charge in [0.15, 0.2) is 0 Å². The quantitative estimate of drug-likeness (QED) is 0.750. The highest BCUT2D eigenvalue weighted by Crippen LogP contribution is 2.21. The first kappa shape index (κ1) is 12.9. The van der Waals surface area contributed by atoms with E-state index < -0.39 is 0 Å². The van der Waals surface area contributed by atoms with Gasteiger partial charge in [0, 0.05) is 19.7 Å². The number of benzene rings is 1. The van der Waals surface area contributed by atoms with Crippen molar-refractivity contribution in [3.63, 3.8) is 0 Å². The Hall–Kier alpha value is -0.590. The summed E-state index contributed by atoms with van der Waals surface area (Å²) < 4.78 is 2.17. The summed E-state index contributed by atoms with van der Waals surface area (Å²) in [7, 11) is 0. The molecule has 0 saturated heterocycles. The molecule has 3 nitrogen and oxygen atoms in total. The van der Waals surface area contributed by atoms with E-state index in [0.717, 1.165) is 9.13 Å². The first-order chi connectivity index (χ1) is 8.06. The van der Waals surface area contributed by atoms with Crippen molar-refractivity contribution < 1.29 is 0 Å². The fourth-order valence-corrected chi connectivity index (χ4v) is 2.20. The molecule has 1 aromatic heterocycles. The van der Waals surface area contributed by atoms with E-state index in [4.69, 9.17) is 23.2 Å². The van der Waals surface area contributed by atoms with Crippen LogP contribution in [-0.2, 0) is 6.54 Å². The van der Waals surface area contributed by atoms with Gasteiger partial charge in [-0.05, 0) is 40.3 Å². The lowest BCUT2D eigenvalue weighted by molar-refractivity contribution is 0.637. The Balaban J connectivity index is 2.35. The SMILES string of the molecule is O=c1cc(I)cnn1Cc1ccc(Cl)cc1Cl. The van der Waals surface area contributed by atoms with Crippen LogP contribution in [0.3, 0.4) is 0 Å². The summed E-state index contributed by atoms with van der Waals surface area (Å²) in [4.78, 5) is 11.6. The Morgan fingerprint density at radius 1 is 1.29 bits per heavy atom. The van der Waals surface area contributed by atoms with Crippen molar-refractivity contribution in [2.45, 2.75) is 6.54 Å². The molecule has 0 bridgehead atoms. The highest BCUT2D eigenvalue weighted by atomic mass is 127. The Morgan fingerprint density at radius 2 is 2.06 bits per heavy atom. The van der Waals surface area contributed by atoms with Gasteiger partial charge >= 0.3 is 0 Å². The molecule has 0 unspecified atom stereocenters. The van der Waals surface area contributed by atoms with Gasteiger partial charge in [0.05, 0.1) is 12.7 Å². The fraction of sp³-hybridized carbons (Fsp3) is 0.0909. The predicted octanol–water partition coefficient (Wildman–Crippen LogP) is 3.20. The van der Waals surface area contributed by atoms with E-state index in [2.05, 4.69) is 5.10 Å². The Kier molecular flexibility index (Phi) is 4.06. The van der Waals surface area contributed by atoms with Crippen molar-refractivity contribution >= 4 is 45.8 Å². The maximum Gasteiger partial charge on any atom is 0.268 e. The van der Waals surface area contributed by atoms with Crippen LogP contribution in [0.15, 0.2) is 35.3 Å². The highest BCUT2D eigenvalue weighted by Gasteiger charge is 2.04. The molecule has 17 heavy (non-hydrogen) atoms. The highest BCUT2D eigenvalue weighted by molar-refractivity contribution is 14.1. The summed E-state index contributed by atoms with van der Waals surface area (Å²) in [6.45, 7) is 0.339. The normalized spacial score (nSPS) is 10.5. The molecule has 2 aromatic rings. The summed E-state index contributed by atoms with van der Waals surface area (Å²) in [5.74, 6) is 0. The van der Waals surface area contributed by atoms with Crippen LogP contribution in [0.2, 0.25) is 10.0 Å². The van der Waals surface area contributed by atoms with Gasteiger partial charge in [-0.25, -0.2) is 4.68 Å². The van der Waals surface area contributed by atoms with E-state index in [-0.39, 0.29) is 5.56 Å². The molecule has 0 spiro atoms. The molecule has 1 heterocycles. The molecule has 6 heteroatoms. The minimum atomic E-state index is -0.150. The van der Waals surface area contributed by atoms with Crippen LogP contribution in [0.25, 0.3) is 0 Å². The van der Waals surface area contributed by atoms with Crippen molar-refractivity contribution in [3.05, 3.63) is 60.0 Å². The lowest BCUT2D eigenvalue weighted by Crippen LogP contribution is -2.22. The van der Waals surface area contributed by atoms with Gasteiger partial charge in [-0.15, -0.1) is 0 Å². The van der Waals surface area contributed by atoms with Crippen molar-refractivity contribution in [1.82, 2.24) is 9.78 Å². The number of halogens is 3. The summed E-state index contributed by atoms with van der Waals surface area (Å²) in [6.07, 6.45) is 1.63. The molecule has 0 atom stereocenters. The van der Waals surface area contributed by atoms with Crippen LogP contribution in [-0.4, -0.2) is 9.78 Å². The number of aromatic nitrogens is 2. The molecule has 0 aliphatic carbocycles. The zero-order valence-corrected chi connectivity index (χ0v) is 12.2. The Labute approximate surface area is 122 Å². The minimum Gasteiger partial charge on any atom is -0.268 e. The second kappa shape index (κ2) is 5.37. The van der Waals surface area contributed by atoms with Gasteiger partial charge in [-0.3, -0.25) is 4.79 Å². The van der Waals surface area contributed by atoms with Gasteiger partial charge in [0.25, 0.3) is 5.56 Å². The van der Waals surface area contributed by atoms with Gasteiger partial charge in [-0.2, -0.15) is 5.10 Å². The van der Waals surface area contributed by atoms with Crippen molar-refractivity contribution in [3.8, 4) is 0 Å². The summed E-state index contributed by atoms with van der Waals surface area (Å²) in [5.41, 5.74) is 0.662. The van der Waals surface area contributed by atoms with Crippen LogP contribution in [0.5, 0.6) is 0 Å². The molecule has 0 N–H and O–H groups in total. The summed E-state index contributed by atoms with van der Waals surface area (Å²) in [6, 6.07) is 6.70. The lowest BCUT2D eigenvalue weighted by atomic mass is 10.2. The van der Waals surface area contributed by atoms with Crippen LogP contribution >= 0.6 is 45.8 Å². The third-order valence-corrected chi connectivity index (χ3v) is 3.35. The second-order valence-corrected chi connectivity index (χ2v) is 5.49. The molecule has 0 fully saturated rings. The molecule has 0 amide bonds. The number of hydrogen-bond acceptors (Lipinski definition) is 2. The molecular formula is C11H7Cl2IN2O. The van der Waals surface area contributed by atoms with Crippen LogP contribution in [0.4, 0.5) is 0 Å².